The van der Waals surface area contributed by atoms with Gasteiger partial charge in [0.15, 0.2) is 0 Å². The van der Waals surface area contributed by atoms with E-state index in [0.29, 0.717) is 6.54 Å². The quantitative estimate of drug-likeness (QED) is 0.792. The van der Waals surface area contributed by atoms with E-state index in [0.717, 1.165) is 36.1 Å². The first-order valence-corrected chi connectivity index (χ1v) is 6.22. The van der Waals surface area contributed by atoms with Gasteiger partial charge in [-0.2, -0.15) is 0 Å². The Bertz CT molecular complexity index is 586. The average Bonchev–Trinajstić information content (AvgIpc) is 3.13. The van der Waals surface area contributed by atoms with Crippen molar-refractivity contribution in [1.82, 2.24) is 14.9 Å². The number of benzene rings is 1. The van der Waals surface area contributed by atoms with Crippen LogP contribution in [0.2, 0.25) is 0 Å². The molecular formula is C13H16N4O. The van der Waals surface area contributed by atoms with Crippen LogP contribution in [0.1, 0.15) is 12.8 Å². The van der Waals surface area contributed by atoms with Gasteiger partial charge in [-0.05, 0) is 31.0 Å². The third-order valence-electron chi connectivity index (χ3n) is 3.25. The number of fused-ring (bicyclic) bond motifs is 1. The molecule has 1 saturated carbocycles. The molecular weight excluding hydrogens is 228 g/mol. The van der Waals surface area contributed by atoms with Crippen LogP contribution in [0, 0.1) is 5.92 Å². The number of anilines is 1. The number of nitrogens with zero attached hydrogens (tertiary/aromatic N) is 2. The molecule has 1 amide bonds. The predicted octanol–water partition coefficient (Wildman–Crippen LogP) is 1.14. The molecule has 2 aromatic rings. The minimum absolute atomic E-state index is 0.184. The lowest BCUT2D eigenvalue weighted by Gasteiger charge is -2.06. The Hall–Kier alpha value is -2.04. The Balaban J connectivity index is 1.65. The number of hydrogen-bond donors (Lipinski definition) is 2. The highest BCUT2D eigenvalue weighted by Crippen LogP contribution is 2.28. The zero-order valence-electron chi connectivity index (χ0n) is 10.1. The van der Waals surface area contributed by atoms with Crippen LogP contribution in [-0.4, -0.2) is 22.0 Å². The number of carbonyl (C=O) groups excluding carboxylic acids is 1. The van der Waals surface area contributed by atoms with Gasteiger partial charge in [0.2, 0.25) is 5.91 Å². The van der Waals surface area contributed by atoms with Crippen molar-refractivity contribution in [2.24, 2.45) is 5.92 Å². The average molecular weight is 244 g/mol. The van der Waals surface area contributed by atoms with Gasteiger partial charge in [0.05, 0.1) is 17.4 Å². The molecule has 1 aromatic heterocycles. The number of nitrogens with two attached hydrogens (primary N) is 1. The van der Waals surface area contributed by atoms with Crippen LogP contribution in [0.3, 0.4) is 0 Å². The fraction of sp³-hybridized carbons (Fsp3) is 0.385. The summed E-state index contributed by atoms with van der Waals surface area (Å²) in [5, 5.41) is 2.95. The summed E-state index contributed by atoms with van der Waals surface area (Å²) in [4.78, 5) is 15.8. The normalized spacial score (nSPS) is 14.9. The molecule has 5 nitrogen and oxygen atoms in total. The molecule has 18 heavy (non-hydrogen) atoms. The molecule has 1 aromatic carbocycles. The summed E-state index contributed by atoms with van der Waals surface area (Å²) in [5.41, 5.74) is 8.36. The molecule has 1 aliphatic rings. The predicted molar refractivity (Wildman–Crippen MR) is 69.9 cm³/mol. The third-order valence-corrected chi connectivity index (χ3v) is 3.25. The van der Waals surface area contributed by atoms with Crippen LogP contribution in [0.15, 0.2) is 24.5 Å². The monoisotopic (exact) mass is 244 g/mol. The van der Waals surface area contributed by atoms with Crippen molar-refractivity contribution in [3.63, 3.8) is 0 Å². The number of nitrogen functional groups attached to an aromatic ring is 1. The van der Waals surface area contributed by atoms with E-state index in [1.807, 2.05) is 22.8 Å². The summed E-state index contributed by atoms with van der Waals surface area (Å²) in [7, 11) is 0. The molecule has 3 rings (SSSR count). The molecule has 0 radical (unpaired) electrons. The maximum atomic E-state index is 11.5. The Labute approximate surface area is 105 Å². The Kier molecular flexibility index (Phi) is 2.66. The lowest BCUT2D eigenvalue weighted by Crippen LogP contribution is -2.28. The van der Waals surface area contributed by atoms with E-state index >= 15 is 0 Å². The van der Waals surface area contributed by atoms with E-state index in [1.165, 1.54) is 0 Å². The molecule has 0 saturated heterocycles. The van der Waals surface area contributed by atoms with Gasteiger partial charge in [-0.15, -0.1) is 0 Å². The van der Waals surface area contributed by atoms with Gasteiger partial charge < -0.3 is 15.6 Å². The summed E-state index contributed by atoms with van der Waals surface area (Å²) >= 11 is 0. The summed E-state index contributed by atoms with van der Waals surface area (Å²) in [6.45, 7) is 1.38. The van der Waals surface area contributed by atoms with E-state index in [1.54, 1.807) is 6.33 Å². The largest absolute Gasteiger partial charge is 0.399 e. The number of aromatic nitrogens is 2. The number of nitrogens with one attached hydrogen (secondary N) is 1. The Morgan fingerprint density at radius 1 is 1.50 bits per heavy atom. The van der Waals surface area contributed by atoms with Gasteiger partial charge in [0.25, 0.3) is 0 Å². The summed E-state index contributed by atoms with van der Waals surface area (Å²) in [6.07, 6.45) is 3.87. The van der Waals surface area contributed by atoms with Gasteiger partial charge in [-0.25, -0.2) is 4.98 Å². The van der Waals surface area contributed by atoms with E-state index in [-0.39, 0.29) is 11.8 Å². The van der Waals surface area contributed by atoms with Crippen molar-refractivity contribution in [2.75, 3.05) is 12.3 Å². The molecule has 94 valence electrons. The number of hydrogen-bond acceptors (Lipinski definition) is 3. The van der Waals surface area contributed by atoms with E-state index in [9.17, 15) is 4.79 Å². The first kappa shape index (κ1) is 11.1. The van der Waals surface area contributed by atoms with Gasteiger partial charge in [0, 0.05) is 24.7 Å². The minimum atomic E-state index is 0.184. The molecule has 1 fully saturated rings. The minimum Gasteiger partial charge on any atom is -0.399 e. The Morgan fingerprint density at radius 2 is 2.33 bits per heavy atom. The van der Waals surface area contributed by atoms with Crippen molar-refractivity contribution >= 4 is 22.6 Å². The number of amides is 1. The molecule has 0 spiro atoms. The Morgan fingerprint density at radius 3 is 3.11 bits per heavy atom. The van der Waals surface area contributed by atoms with Gasteiger partial charge >= 0.3 is 0 Å². The highest BCUT2D eigenvalue weighted by molar-refractivity contribution is 5.81. The molecule has 5 heteroatoms. The zero-order valence-corrected chi connectivity index (χ0v) is 10.1. The van der Waals surface area contributed by atoms with Crippen LogP contribution >= 0.6 is 0 Å². The number of carbonyl (C=O) groups is 1. The standard InChI is InChI=1S/C13H16N4O/c14-10-3-4-12-11(7-10)16-8-17(12)6-5-15-13(18)9-1-2-9/h3-4,7-9H,1-2,5-6,14H2,(H,15,18). The SMILES string of the molecule is Nc1ccc2c(c1)ncn2CCNC(=O)C1CC1. The zero-order chi connectivity index (χ0) is 12.5. The molecule has 1 heterocycles. The van der Waals surface area contributed by atoms with Crippen molar-refractivity contribution in [2.45, 2.75) is 19.4 Å². The molecule has 0 atom stereocenters. The van der Waals surface area contributed by atoms with Crippen LogP contribution in [0.4, 0.5) is 5.69 Å². The molecule has 0 unspecified atom stereocenters. The molecule has 3 N–H and O–H groups in total. The lowest BCUT2D eigenvalue weighted by atomic mass is 10.3. The fourth-order valence-corrected chi connectivity index (χ4v) is 2.05. The maximum Gasteiger partial charge on any atom is 0.223 e. The van der Waals surface area contributed by atoms with Crippen LogP contribution in [-0.2, 0) is 11.3 Å². The number of imidazole rings is 1. The molecule has 1 aliphatic carbocycles. The van der Waals surface area contributed by atoms with E-state index in [4.69, 9.17) is 5.73 Å². The third kappa shape index (κ3) is 2.16. The van der Waals surface area contributed by atoms with Crippen molar-refractivity contribution in [3.8, 4) is 0 Å². The van der Waals surface area contributed by atoms with Crippen LogP contribution < -0.4 is 11.1 Å². The highest BCUT2D eigenvalue weighted by Gasteiger charge is 2.28. The van der Waals surface area contributed by atoms with E-state index < -0.39 is 0 Å². The highest BCUT2D eigenvalue weighted by atomic mass is 16.2. The van der Waals surface area contributed by atoms with Crippen molar-refractivity contribution in [1.29, 1.82) is 0 Å². The number of rotatable bonds is 4. The molecule has 0 aliphatic heterocycles. The van der Waals surface area contributed by atoms with Crippen LogP contribution in [0.5, 0.6) is 0 Å². The first-order valence-electron chi connectivity index (χ1n) is 6.22. The van der Waals surface area contributed by atoms with Gasteiger partial charge in [-0.1, -0.05) is 0 Å². The smallest absolute Gasteiger partial charge is 0.223 e. The summed E-state index contributed by atoms with van der Waals surface area (Å²) in [5.74, 6) is 0.452. The van der Waals surface area contributed by atoms with Crippen LogP contribution in [0.25, 0.3) is 11.0 Å². The first-order chi connectivity index (χ1) is 8.74. The summed E-state index contributed by atoms with van der Waals surface area (Å²) in [6, 6.07) is 5.68. The second kappa shape index (κ2) is 4.33. The van der Waals surface area contributed by atoms with Crippen molar-refractivity contribution in [3.05, 3.63) is 24.5 Å². The van der Waals surface area contributed by atoms with Crippen molar-refractivity contribution < 1.29 is 4.79 Å². The van der Waals surface area contributed by atoms with E-state index in [2.05, 4.69) is 10.3 Å². The second-order valence-electron chi connectivity index (χ2n) is 4.75. The maximum absolute atomic E-state index is 11.5. The van der Waals surface area contributed by atoms with Gasteiger partial charge in [0.1, 0.15) is 0 Å². The second-order valence-corrected chi connectivity index (χ2v) is 4.75. The fourth-order valence-electron chi connectivity index (χ4n) is 2.05. The summed E-state index contributed by atoms with van der Waals surface area (Å²) < 4.78 is 2.03. The molecule has 0 bridgehead atoms. The lowest BCUT2D eigenvalue weighted by molar-refractivity contribution is -0.122. The van der Waals surface area contributed by atoms with Gasteiger partial charge in [-0.3, -0.25) is 4.79 Å². The topological polar surface area (TPSA) is 72.9 Å².